The van der Waals surface area contributed by atoms with Gasteiger partial charge in [-0.25, -0.2) is 0 Å². The van der Waals surface area contributed by atoms with E-state index in [1.165, 1.54) is 7.11 Å². The van der Waals surface area contributed by atoms with Crippen LogP contribution in [0.15, 0.2) is 0 Å². The van der Waals surface area contributed by atoms with Crippen molar-refractivity contribution in [1.82, 2.24) is 4.90 Å². The quantitative estimate of drug-likeness (QED) is 0.285. The Balaban J connectivity index is 1.68. The Morgan fingerprint density at radius 2 is 1.66 bits per heavy atom. The highest BCUT2D eigenvalue weighted by molar-refractivity contribution is 5.39. The van der Waals surface area contributed by atoms with Crippen LogP contribution in [-0.2, 0) is 18.9 Å². The van der Waals surface area contributed by atoms with Gasteiger partial charge in [0.15, 0.2) is 0 Å². The van der Waals surface area contributed by atoms with Crippen molar-refractivity contribution in [3.8, 4) is 0 Å². The molecule has 0 radical (unpaired) electrons. The monoisotopic (exact) mass is 499 g/mol. The first kappa shape index (κ1) is 24.9. The van der Waals surface area contributed by atoms with Gasteiger partial charge >= 0.3 is 0 Å². The Kier molecular flexibility index (Phi) is 5.40. The van der Waals surface area contributed by atoms with Gasteiger partial charge in [0.2, 0.25) is 0 Å². The van der Waals surface area contributed by atoms with Crippen molar-refractivity contribution in [2.24, 2.45) is 34.5 Å². The van der Waals surface area contributed by atoms with Crippen LogP contribution in [0, 0.1) is 34.5 Å². The van der Waals surface area contributed by atoms with Crippen LogP contribution in [-0.4, -0.2) is 132 Å². The van der Waals surface area contributed by atoms with Gasteiger partial charge in [-0.2, -0.15) is 0 Å². The summed E-state index contributed by atoms with van der Waals surface area (Å²) in [6.07, 6.45) is -4.95. The lowest BCUT2D eigenvalue weighted by Gasteiger charge is -2.70. The summed E-state index contributed by atoms with van der Waals surface area (Å²) in [6, 6.07) is -0.240. The first-order chi connectivity index (χ1) is 16.6. The minimum Gasteiger partial charge on any atom is -0.392 e. The Bertz CT molecular complexity index is 878. The van der Waals surface area contributed by atoms with Crippen LogP contribution in [0.4, 0.5) is 0 Å². The summed E-state index contributed by atoms with van der Waals surface area (Å²) in [7, 11) is 6.29. The van der Waals surface area contributed by atoms with E-state index in [0.717, 1.165) is 0 Å². The lowest BCUT2D eigenvalue weighted by atomic mass is 9.42. The van der Waals surface area contributed by atoms with Gasteiger partial charge in [0.05, 0.1) is 31.0 Å². The highest BCUT2D eigenvalue weighted by Gasteiger charge is 2.90. The molecule has 6 unspecified atom stereocenters. The third-order valence-corrected chi connectivity index (χ3v) is 11.7. The van der Waals surface area contributed by atoms with Gasteiger partial charge in [-0.3, -0.25) is 4.90 Å². The number of fused-ring (bicyclic) bond motifs is 2. The second-order valence-electron chi connectivity index (χ2n) is 12.1. The van der Waals surface area contributed by atoms with Crippen LogP contribution in [0.5, 0.6) is 0 Å². The molecule has 35 heavy (non-hydrogen) atoms. The molecular formula is C25H41NO9. The number of aliphatic hydroxyl groups is 5. The van der Waals surface area contributed by atoms with E-state index in [9.17, 15) is 25.5 Å². The fourth-order valence-electron chi connectivity index (χ4n) is 11.0. The molecule has 0 amide bonds. The molecule has 6 aliphatic rings. The fourth-order valence-corrected chi connectivity index (χ4v) is 11.0. The Morgan fingerprint density at radius 1 is 0.943 bits per heavy atom. The molecule has 1 spiro atoms. The van der Waals surface area contributed by atoms with Crippen molar-refractivity contribution in [3.05, 3.63) is 0 Å². The largest absolute Gasteiger partial charge is 0.392 e. The Hall–Kier alpha value is -0.400. The van der Waals surface area contributed by atoms with Gasteiger partial charge in [0, 0.05) is 76.0 Å². The van der Waals surface area contributed by atoms with Gasteiger partial charge < -0.3 is 44.5 Å². The zero-order valence-electron chi connectivity index (χ0n) is 21.2. The van der Waals surface area contributed by atoms with Gasteiger partial charge in [-0.05, 0) is 18.9 Å². The molecule has 0 aromatic rings. The van der Waals surface area contributed by atoms with Crippen molar-refractivity contribution in [2.75, 3.05) is 48.1 Å². The van der Waals surface area contributed by atoms with Crippen LogP contribution < -0.4 is 0 Å². The van der Waals surface area contributed by atoms with Crippen LogP contribution in [0.2, 0.25) is 0 Å². The van der Waals surface area contributed by atoms with E-state index in [1.54, 1.807) is 21.3 Å². The second-order valence-corrected chi connectivity index (χ2v) is 12.1. The zero-order chi connectivity index (χ0) is 25.3. The summed E-state index contributed by atoms with van der Waals surface area (Å²) in [5, 5.41) is 59.3. The summed E-state index contributed by atoms with van der Waals surface area (Å²) in [5.41, 5.74) is -4.81. The molecule has 6 rings (SSSR count). The molecular weight excluding hydrogens is 458 g/mol. The summed E-state index contributed by atoms with van der Waals surface area (Å²) >= 11 is 0. The first-order valence-electron chi connectivity index (χ1n) is 12.9. The van der Waals surface area contributed by atoms with Crippen LogP contribution in [0.1, 0.15) is 19.8 Å². The highest BCUT2D eigenvalue weighted by atomic mass is 16.5. The summed E-state index contributed by atoms with van der Waals surface area (Å²) in [6.45, 7) is 3.58. The summed E-state index contributed by atoms with van der Waals surface area (Å²) in [4.78, 5) is 2.29. The first-order valence-corrected chi connectivity index (χ1v) is 12.9. The average molecular weight is 500 g/mol. The minimum atomic E-state index is -1.76. The standard InChI is InChI=1S/C25H41NO9/c1-6-26-9-22(10-32-2)12(27)7-13(33-3)24-11-8-23(30)19(28)14(11)25(31,20(29)21(23)35-5)15(18(24)26)16(34-4)17(22)24/h11-21,27-31H,6-10H2,1-5H3/t11?,12-,13+,14?,15+,16?,17?,18?,19?,20+,21+,22+,23-,24+,25-/m1/s1. The molecule has 10 heteroatoms. The number of hydrogen-bond donors (Lipinski definition) is 5. The minimum absolute atomic E-state index is 0.156. The van der Waals surface area contributed by atoms with Crippen molar-refractivity contribution >= 4 is 0 Å². The average Bonchev–Trinajstić information content (AvgIpc) is 3.19. The van der Waals surface area contributed by atoms with E-state index in [-0.39, 0.29) is 18.4 Å². The van der Waals surface area contributed by atoms with E-state index in [0.29, 0.717) is 26.1 Å². The van der Waals surface area contributed by atoms with Gasteiger partial charge in [-0.1, -0.05) is 6.92 Å². The number of rotatable bonds is 6. The van der Waals surface area contributed by atoms with Gasteiger partial charge in [0.1, 0.15) is 23.4 Å². The van der Waals surface area contributed by atoms with Crippen molar-refractivity contribution in [2.45, 2.75) is 73.6 Å². The summed E-state index contributed by atoms with van der Waals surface area (Å²) < 4.78 is 23.7. The molecule has 1 aliphatic heterocycles. The molecule has 1 heterocycles. The number of hydrogen-bond acceptors (Lipinski definition) is 10. The van der Waals surface area contributed by atoms with Crippen molar-refractivity contribution < 1.29 is 44.5 Å². The van der Waals surface area contributed by atoms with Gasteiger partial charge in [-0.15, -0.1) is 0 Å². The number of methoxy groups -OCH3 is 4. The zero-order valence-corrected chi connectivity index (χ0v) is 21.2. The third-order valence-electron chi connectivity index (χ3n) is 11.7. The van der Waals surface area contributed by atoms with Crippen molar-refractivity contribution in [1.29, 1.82) is 0 Å². The lowest BCUT2D eigenvalue weighted by Crippen LogP contribution is -2.81. The van der Waals surface area contributed by atoms with E-state index in [1.807, 2.05) is 0 Å². The van der Waals surface area contributed by atoms with Gasteiger partial charge in [0.25, 0.3) is 0 Å². The molecule has 0 aromatic heterocycles. The highest BCUT2D eigenvalue weighted by Crippen LogP contribution is 2.79. The molecule has 5 N–H and O–H groups in total. The Labute approximate surface area is 206 Å². The van der Waals surface area contributed by atoms with E-state index < -0.39 is 76.4 Å². The number of nitrogens with zero attached hydrogens (tertiary/aromatic N) is 1. The molecule has 10 nitrogen and oxygen atoms in total. The van der Waals surface area contributed by atoms with Crippen LogP contribution in [0.3, 0.4) is 0 Å². The van der Waals surface area contributed by atoms with E-state index >= 15 is 0 Å². The maximum absolute atomic E-state index is 12.6. The number of aliphatic hydroxyl groups excluding tert-OH is 3. The maximum atomic E-state index is 12.6. The molecule has 0 aromatic carbocycles. The number of likely N-dealkylation sites (tertiary alicyclic amines) is 1. The molecule has 1 saturated heterocycles. The molecule has 7 bridgehead atoms. The lowest BCUT2D eigenvalue weighted by molar-refractivity contribution is -0.320. The second kappa shape index (κ2) is 7.59. The van der Waals surface area contributed by atoms with Crippen LogP contribution >= 0.6 is 0 Å². The predicted octanol–water partition coefficient (Wildman–Crippen LogP) is -1.79. The normalized spacial score (nSPS) is 62.4. The number of ether oxygens (including phenoxy) is 4. The third kappa shape index (κ3) is 2.35. The maximum Gasteiger partial charge on any atom is 0.120 e. The molecule has 5 aliphatic carbocycles. The SMILES string of the molecule is CCN1C[C@@]2(COC)C3C(OC)[C@H]4C1[C@@]3(C1C[C@@]3(O)C(O)C1[C@]4(O)[C@@H](O)[C@@H]3OC)[C@@H](OC)C[C@H]2O. The predicted molar refractivity (Wildman–Crippen MR) is 121 cm³/mol. The fraction of sp³-hybridized carbons (Fsp3) is 1.00. The molecule has 200 valence electrons. The topological polar surface area (TPSA) is 141 Å². The van der Waals surface area contributed by atoms with Crippen molar-refractivity contribution in [3.63, 3.8) is 0 Å². The smallest absolute Gasteiger partial charge is 0.120 e. The Morgan fingerprint density at radius 3 is 2.23 bits per heavy atom. The molecule has 5 saturated carbocycles. The molecule has 15 atom stereocenters. The summed E-state index contributed by atoms with van der Waals surface area (Å²) in [5.74, 6) is -2.04. The van der Waals surface area contributed by atoms with E-state index in [2.05, 4.69) is 11.8 Å². The van der Waals surface area contributed by atoms with Crippen LogP contribution in [0.25, 0.3) is 0 Å². The van der Waals surface area contributed by atoms with E-state index in [4.69, 9.17) is 18.9 Å². The molecule has 6 fully saturated rings. The number of piperidine rings is 1.